The van der Waals surface area contributed by atoms with Crippen LogP contribution in [0.1, 0.15) is 30.2 Å². The molecule has 0 fully saturated rings. The predicted octanol–water partition coefficient (Wildman–Crippen LogP) is 2.47. The van der Waals surface area contributed by atoms with Crippen molar-refractivity contribution in [2.75, 3.05) is 12.8 Å². The van der Waals surface area contributed by atoms with E-state index in [9.17, 15) is 14.4 Å². The van der Waals surface area contributed by atoms with Gasteiger partial charge in [0.2, 0.25) is 5.91 Å². The summed E-state index contributed by atoms with van der Waals surface area (Å²) >= 11 is 0. The van der Waals surface area contributed by atoms with Crippen molar-refractivity contribution in [1.82, 2.24) is 15.7 Å². The number of hydrogen-bond acceptors (Lipinski definition) is 6. The van der Waals surface area contributed by atoms with E-state index in [0.29, 0.717) is 35.5 Å². The molecule has 9 heteroatoms. The van der Waals surface area contributed by atoms with Crippen molar-refractivity contribution >= 4 is 46.2 Å². The maximum atomic E-state index is 12.6. The summed E-state index contributed by atoms with van der Waals surface area (Å²) in [5, 5.41) is 7.77. The molecule has 1 aliphatic heterocycles. The number of fused-ring (bicyclic) bond motifs is 1. The monoisotopic (exact) mass is 473 g/mol. The van der Waals surface area contributed by atoms with Crippen LogP contribution in [0.2, 0.25) is 0 Å². The normalized spacial score (nSPS) is 15.1. The van der Waals surface area contributed by atoms with Gasteiger partial charge in [0.05, 0.1) is 18.4 Å². The van der Waals surface area contributed by atoms with Gasteiger partial charge in [0.15, 0.2) is 0 Å². The lowest BCUT2D eigenvalue weighted by atomic mass is 9.98. The highest BCUT2D eigenvalue weighted by atomic mass is 16.5. The molecule has 2 heterocycles. The summed E-state index contributed by atoms with van der Waals surface area (Å²) in [6, 6.07) is 14.3. The highest BCUT2D eigenvalue weighted by Gasteiger charge is 2.26. The van der Waals surface area contributed by atoms with Crippen molar-refractivity contribution < 1.29 is 19.1 Å². The molecule has 0 radical (unpaired) electrons. The van der Waals surface area contributed by atoms with E-state index in [4.69, 9.17) is 10.5 Å². The Hall–Kier alpha value is -4.40. The summed E-state index contributed by atoms with van der Waals surface area (Å²) in [5.41, 5.74) is 13.5. The number of aromatic nitrogens is 1. The molecule has 0 saturated heterocycles. The molecule has 3 aromatic rings. The molecule has 180 valence electrons. The number of carbonyl (C=O) groups is 3. The second-order valence-electron chi connectivity index (χ2n) is 8.34. The fourth-order valence-electron chi connectivity index (χ4n) is 4.15. The number of aromatic amines is 1. The number of carbonyl (C=O) groups excluding carboxylic acids is 3. The summed E-state index contributed by atoms with van der Waals surface area (Å²) in [6.07, 6.45) is 3.19. The highest BCUT2D eigenvalue weighted by Crippen LogP contribution is 2.27. The van der Waals surface area contributed by atoms with Crippen LogP contribution in [0.4, 0.5) is 5.69 Å². The molecule has 5 N–H and O–H groups in total. The van der Waals surface area contributed by atoms with Gasteiger partial charge in [-0.3, -0.25) is 9.59 Å². The summed E-state index contributed by atoms with van der Waals surface area (Å²) in [4.78, 5) is 40.0. The van der Waals surface area contributed by atoms with Gasteiger partial charge in [-0.05, 0) is 48.2 Å². The first kappa shape index (κ1) is 23.7. The second kappa shape index (κ2) is 10.3. The molecular weight excluding hydrogens is 446 g/mol. The van der Waals surface area contributed by atoms with Gasteiger partial charge in [-0.1, -0.05) is 30.3 Å². The van der Waals surface area contributed by atoms with Crippen LogP contribution in [0.25, 0.3) is 17.0 Å². The number of nitrogen functional groups attached to an aromatic ring is 1. The Kier molecular flexibility index (Phi) is 6.96. The largest absolute Gasteiger partial charge is 0.467 e. The SMILES string of the molecule is COC(=O)C(Cc1c(/C=C2\C(=O)NN=C2CCc2ccc(N)cc2)[nH]c2ccccc12)NC(C)=O. The molecule has 4 rings (SSSR count). The lowest BCUT2D eigenvalue weighted by Crippen LogP contribution is -2.42. The average molecular weight is 474 g/mol. The smallest absolute Gasteiger partial charge is 0.328 e. The number of aryl methyl sites for hydroxylation is 1. The molecule has 2 amide bonds. The van der Waals surface area contributed by atoms with Crippen LogP contribution in [0, 0.1) is 0 Å². The predicted molar refractivity (Wildman–Crippen MR) is 134 cm³/mol. The number of anilines is 1. The van der Waals surface area contributed by atoms with E-state index >= 15 is 0 Å². The topological polar surface area (TPSA) is 139 Å². The third kappa shape index (κ3) is 5.40. The standard InChI is InChI=1S/C26H27N5O4/c1-15(32)28-24(26(34)35-2)13-19-18-5-3-4-6-21(18)29-23(19)14-20-22(30-31-25(20)33)12-9-16-7-10-17(27)11-8-16/h3-8,10-11,14,24,29H,9,12-13,27H2,1-2H3,(H,28,32)(H,31,33)/b20-14-. The number of esters is 1. The number of hydrogen-bond donors (Lipinski definition) is 4. The first-order chi connectivity index (χ1) is 16.9. The highest BCUT2D eigenvalue weighted by molar-refractivity contribution is 6.27. The molecule has 0 saturated carbocycles. The van der Waals surface area contributed by atoms with Crippen LogP contribution in [0.3, 0.4) is 0 Å². The van der Waals surface area contributed by atoms with Crippen molar-refractivity contribution in [2.24, 2.45) is 5.10 Å². The number of H-pyrrole nitrogens is 1. The van der Waals surface area contributed by atoms with E-state index in [1.807, 2.05) is 48.5 Å². The fourth-order valence-corrected chi connectivity index (χ4v) is 4.15. The number of amides is 2. The molecule has 1 atom stereocenters. The Bertz CT molecular complexity index is 1340. The Morgan fingerprint density at radius 1 is 1.14 bits per heavy atom. The quantitative estimate of drug-likeness (QED) is 0.226. The van der Waals surface area contributed by atoms with Gasteiger partial charge in [0, 0.05) is 35.6 Å². The van der Waals surface area contributed by atoms with E-state index in [1.54, 1.807) is 6.08 Å². The zero-order valence-electron chi connectivity index (χ0n) is 19.6. The molecule has 1 aromatic heterocycles. The van der Waals surface area contributed by atoms with E-state index < -0.39 is 12.0 Å². The average Bonchev–Trinajstić information content (AvgIpc) is 3.37. The maximum Gasteiger partial charge on any atom is 0.328 e. The van der Waals surface area contributed by atoms with Crippen LogP contribution in [-0.4, -0.2) is 41.6 Å². The van der Waals surface area contributed by atoms with Crippen molar-refractivity contribution in [1.29, 1.82) is 0 Å². The molecular formula is C26H27N5O4. The number of para-hydroxylation sites is 1. The van der Waals surface area contributed by atoms with Gasteiger partial charge in [-0.25, -0.2) is 10.2 Å². The minimum absolute atomic E-state index is 0.189. The molecule has 0 bridgehead atoms. The van der Waals surface area contributed by atoms with Crippen LogP contribution in [0.5, 0.6) is 0 Å². The molecule has 0 aliphatic carbocycles. The summed E-state index contributed by atoms with van der Waals surface area (Å²) in [5.74, 6) is -1.19. The lowest BCUT2D eigenvalue weighted by Gasteiger charge is -2.16. The van der Waals surface area contributed by atoms with E-state index in [0.717, 1.165) is 22.0 Å². The van der Waals surface area contributed by atoms with Gasteiger partial charge in [-0.15, -0.1) is 0 Å². The van der Waals surface area contributed by atoms with Gasteiger partial charge < -0.3 is 20.8 Å². The van der Waals surface area contributed by atoms with Crippen LogP contribution in [-0.2, 0) is 32.0 Å². The van der Waals surface area contributed by atoms with Gasteiger partial charge in [0.25, 0.3) is 5.91 Å². The first-order valence-electron chi connectivity index (χ1n) is 11.2. The number of nitrogens with one attached hydrogen (secondary N) is 3. The minimum atomic E-state index is -0.870. The number of ether oxygens (including phenoxy) is 1. The zero-order chi connectivity index (χ0) is 24.9. The summed E-state index contributed by atoms with van der Waals surface area (Å²) < 4.78 is 4.89. The lowest BCUT2D eigenvalue weighted by molar-refractivity contribution is -0.144. The fraction of sp³-hybridized carbons (Fsp3) is 0.231. The first-order valence-corrected chi connectivity index (χ1v) is 11.2. The molecule has 0 spiro atoms. The number of nitrogens with two attached hydrogens (primary N) is 1. The molecule has 35 heavy (non-hydrogen) atoms. The van der Waals surface area contributed by atoms with E-state index in [2.05, 4.69) is 20.8 Å². The Balaban J connectivity index is 1.67. The minimum Gasteiger partial charge on any atom is -0.467 e. The van der Waals surface area contributed by atoms with Gasteiger partial charge in [-0.2, -0.15) is 5.10 Å². The molecule has 1 aliphatic rings. The maximum absolute atomic E-state index is 12.6. The number of benzene rings is 2. The second-order valence-corrected chi connectivity index (χ2v) is 8.34. The van der Waals surface area contributed by atoms with Crippen molar-refractivity contribution in [2.45, 2.75) is 32.2 Å². The zero-order valence-corrected chi connectivity index (χ0v) is 19.6. The Morgan fingerprint density at radius 2 is 1.89 bits per heavy atom. The third-order valence-electron chi connectivity index (χ3n) is 5.88. The summed E-state index contributed by atoms with van der Waals surface area (Å²) in [6.45, 7) is 1.35. The number of hydrazone groups is 1. The summed E-state index contributed by atoms with van der Waals surface area (Å²) in [7, 11) is 1.28. The van der Waals surface area contributed by atoms with Crippen LogP contribution >= 0.6 is 0 Å². The Morgan fingerprint density at radius 3 is 2.60 bits per heavy atom. The molecule has 9 nitrogen and oxygen atoms in total. The van der Waals surface area contributed by atoms with Crippen molar-refractivity contribution in [3.8, 4) is 0 Å². The van der Waals surface area contributed by atoms with Crippen LogP contribution in [0.15, 0.2) is 59.2 Å². The van der Waals surface area contributed by atoms with Gasteiger partial charge >= 0.3 is 5.97 Å². The third-order valence-corrected chi connectivity index (χ3v) is 5.88. The number of nitrogens with zero attached hydrogens (tertiary/aromatic N) is 1. The number of rotatable bonds is 8. The van der Waals surface area contributed by atoms with Crippen molar-refractivity contribution in [3.05, 3.63) is 70.9 Å². The van der Waals surface area contributed by atoms with Gasteiger partial charge in [0.1, 0.15) is 6.04 Å². The van der Waals surface area contributed by atoms with Crippen molar-refractivity contribution in [3.63, 3.8) is 0 Å². The molecule has 1 unspecified atom stereocenters. The molecule has 2 aromatic carbocycles. The van der Waals surface area contributed by atoms with Crippen LogP contribution < -0.4 is 16.5 Å². The van der Waals surface area contributed by atoms with E-state index in [-0.39, 0.29) is 18.2 Å². The van der Waals surface area contributed by atoms with E-state index in [1.165, 1.54) is 14.0 Å². The number of methoxy groups -OCH3 is 1. The Labute approximate surface area is 202 Å².